The Labute approximate surface area is 112 Å². The largest absolute Gasteiger partial charge is 0.456 e. The predicted molar refractivity (Wildman–Crippen MR) is 73.2 cm³/mol. The van der Waals surface area contributed by atoms with Gasteiger partial charge in [0.25, 0.3) is 5.91 Å². The van der Waals surface area contributed by atoms with Gasteiger partial charge in [0, 0.05) is 32.4 Å². The number of hydrogen-bond acceptors (Lipinski definition) is 4. The number of amides is 1. The summed E-state index contributed by atoms with van der Waals surface area (Å²) < 4.78 is 5.27. The zero-order valence-corrected chi connectivity index (χ0v) is 11.3. The van der Waals surface area contributed by atoms with Crippen LogP contribution in [0.15, 0.2) is 34.9 Å². The van der Waals surface area contributed by atoms with Gasteiger partial charge < -0.3 is 14.6 Å². The highest BCUT2D eigenvalue weighted by Gasteiger charge is 2.11. The lowest BCUT2D eigenvalue weighted by Crippen LogP contribution is -2.24. The van der Waals surface area contributed by atoms with Crippen LogP contribution in [0.2, 0.25) is 0 Å². The molecule has 0 aromatic carbocycles. The van der Waals surface area contributed by atoms with Crippen molar-refractivity contribution in [2.45, 2.75) is 13.5 Å². The Morgan fingerprint density at radius 3 is 2.79 bits per heavy atom. The molecule has 5 heteroatoms. The Morgan fingerprint density at radius 2 is 2.16 bits per heavy atom. The molecule has 0 bridgehead atoms. The number of aryl methyl sites for hydroxylation is 1. The van der Waals surface area contributed by atoms with Crippen molar-refractivity contribution in [3.05, 3.63) is 47.5 Å². The fraction of sp³-hybridized carbons (Fsp3) is 0.286. The number of pyridine rings is 1. The average Bonchev–Trinajstić information content (AvgIpc) is 2.83. The molecule has 5 nitrogen and oxygen atoms in total. The molecule has 0 unspecified atom stereocenters. The van der Waals surface area contributed by atoms with E-state index in [4.69, 9.17) is 4.42 Å². The van der Waals surface area contributed by atoms with Crippen molar-refractivity contribution >= 4 is 11.7 Å². The van der Waals surface area contributed by atoms with Crippen molar-refractivity contribution in [3.63, 3.8) is 0 Å². The Kier molecular flexibility index (Phi) is 3.85. The smallest absolute Gasteiger partial charge is 0.287 e. The molecule has 0 fully saturated rings. The van der Waals surface area contributed by atoms with Gasteiger partial charge in [-0.3, -0.25) is 4.79 Å². The minimum Gasteiger partial charge on any atom is -0.456 e. The van der Waals surface area contributed by atoms with Crippen molar-refractivity contribution in [1.82, 2.24) is 10.3 Å². The quantitative estimate of drug-likeness (QED) is 0.912. The van der Waals surface area contributed by atoms with Gasteiger partial charge in [-0.1, -0.05) is 6.07 Å². The summed E-state index contributed by atoms with van der Waals surface area (Å²) in [5, 5.41) is 2.82. The van der Waals surface area contributed by atoms with Crippen LogP contribution in [0, 0.1) is 6.92 Å². The van der Waals surface area contributed by atoms with Gasteiger partial charge in [0.2, 0.25) is 0 Å². The summed E-state index contributed by atoms with van der Waals surface area (Å²) in [4.78, 5) is 18.1. The Hall–Kier alpha value is -2.30. The maximum absolute atomic E-state index is 11.9. The number of carbonyl (C=O) groups excluding carboxylic acids is 1. The van der Waals surface area contributed by atoms with Crippen LogP contribution in [0.1, 0.15) is 21.9 Å². The molecular weight excluding hydrogens is 242 g/mol. The van der Waals surface area contributed by atoms with Crippen molar-refractivity contribution < 1.29 is 9.21 Å². The molecule has 2 aromatic heterocycles. The fourth-order valence-electron chi connectivity index (χ4n) is 1.79. The Balaban J connectivity index is 2.05. The van der Waals surface area contributed by atoms with Gasteiger partial charge in [0.15, 0.2) is 5.76 Å². The van der Waals surface area contributed by atoms with Crippen molar-refractivity contribution in [3.8, 4) is 0 Å². The fourth-order valence-corrected chi connectivity index (χ4v) is 1.79. The number of nitrogens with zero attached hydrogens (tertiary/aromatic N) is 2. The molecule has 0 aliphatic carbocycles. The summed E-state index contributed by atoms with van der Waals surface area (Å²) in [7, 11) is 3.84. The number of hydrogen-bond donors (Lipinski definition) is 1. The molecule has 0 saturated carbocycles. The SMILES string of the molecule is Cc1ccc(C(=O)NCc2cccnc2N(C)C)o1. The van der Waals surface area contributed by atoms with Crippen molar-refractivity contribution in [1.29, 1.82) is 0 Å². The van der Waals surface area contributed by atoms with E-state index < -0.39 is 0 Å². The first-order chi connectivity index (χ1) is 9.08. The lowest BCUT2D eigenvalue weighted by Gasteiger charge is -2.15. The van der Waals surface area contributed by atoms with Crippen LogP contribution in [-0.2, 0) is 6.54 Å². The first-order valence-corrected chi connectivity index (χ1v) is 6.04. The number of furan rings is 1. The molecule has 100 valence electrons. The van der Waals surface area contributed by atoms with Crippen LogP contribution in [-0.4, -0.2) is 25.0 Å². The third-order valence-electron chi connectivity index (χ3n) is 2.69. The first-order valence-electron chi connectivity index (χ1n) is 6.04. The summed E-state index contributed by atoms with van der Waals surface area (Å²) >= 11 is 0. The molecule has 19 heavy (non-hydrogen) atoms. The normalized spacial score (nSPS) is 10.3. The van der Waals surface area contributed by atoms with Crippen molar-refractivity contribution in [2.24, 2.45) is 0 Å². The van der Waals surface area contributed by atoms with E-state index in [1.54, 1.807) is 18.3 Å². The number of nitrogens with one attached hydrogen (secondary N) is 1. The predicted octanol–water partition coefficient (Wildman–Crippen LogP) is 1.98. The Morgan fingerprint density at radius 1 is 1.37 bits per heavy atom. The highest BCUT2D eigenvalue weighted by molar-refractivity contribution is 5.91. The standard InChI is InChI=1S/C14H17N3O2/c1-10-6-7-12(19-10)14(18)16-9-11-5-4-8-15-13(11)17(2)3/h4-8H,9H2,1-3H3,(H,16,18). The van der Waals surface area contributed by atoms with E-state index in [0.29, 0.717) is 12.3 Å². The lowest BCUT2D eigenvalue weighted by molar-refractivity contribution is 0.0922. The van der Waals surface area contributed by atoms with Crippen LogP contribution in [0.25, 0.3) is 0 Å². The zero-order chi connectivity index (χ0) is 13.8. The van der Waals surface area contributed by atoms with E-state index in [-0.39, 0.29) is 5.91 Å². The highest BCUT2D eigenvalue weighted by atomic mass is 16.3. The van der Waals surface area contributed by atoms with E-state index in [0.717, 1.165) is 17.1 Å². The van der Waals surface area contributed by atoms with Crippen LogP contribution < -0.4 is 10.2 Å². The van der Waals surface area contributed by atoms with Crippen molar-refractivity contribution in [2.75, 3.05) is 19.0 Å². The third kappa shape index (κ3) is 3.13. The summed E-state index contributed by atoms with van der Waals surface area (Å²) in [6.07, 6.45) is 1.73. The van der Waals surface area contributed by atoms with E-state index in [1.165, 1.54) is 0 Å². The summed E-state index contributed by atoms with van der Waals surface area (Å²) in [6.45, 7) is 2.22. The topological polar surface area (TPSA) is 58.4 Å². The lowest BCUT2D eigenvalue weighted by atomic mass is 10.2. The van der Waals surface area contributed by atoms with E-state index in [1.807, 2.05) is 38.1 Å². The van der Waals surface area contributed by atoms with E-state index in [9.17, 15) is 4.79 Å². The molecule has 0 aliphatic heterocycles. The van der Waals surface area contributed by atoms with Gasteiger partial charge in [-0.25, -0.2) is 4.98 Å². The summed E-state index contributed by atoms with van der Waals surface area (Å²) in [5.74, 6) is 1.67. The van der Waals surface area contributed by atoms with Crippen LogP contribution in [0.4, 0.5) is 5.82 Å². The average molecular weight is 259 g/mol. The van der Waals surface area contributed by atoms with Gasteiger partial charge in [0.1, 0.15) is 11.6 Å². The molecule has 2 rings (SSSR count). The second-order valence-electron chi connectivity index (χ2n) is 4.47. The molecule has 1 N–H and O–H groups in total. The maximum Gasteiger partial charge on any atom is 0.287 e. The molecule has 2 heterocycles. The van der Waals surface area contributed by atoms with Gasteiger partial charge >= 0.3 is 0 Å². The Bertz CT molecular complexity index is 576. The van der Waals surface area contributed by atoms with Gasteiger partial charge in [0.05, 0.1) is 0 Å². The van der Waals surface area contributed by atoms with Crippen LogP contribution >= 0.6 is 0 Å². The third-order valence-corrected chi connectivity index (χ3v) is 2.69. The van der Waals surface area contributed by atoms with Crippen LogP contribution in [0.5, 0.6) is 0 Å². The minimum atomic E-state index is -0.221. The second-order valence-corrected chi connectivity index (χ2v) is 4.47. The first kappa shape index (κ1) is 13.1. The summed E-state index contributed by atoms with van der Waals surface area (Å²) in [5.41, 5.74) is 0.962. The van der Waals surface area contributed by atoms with Gasteiger partial charge in [-0.15, -0.1) is 0 Å². The van der Waals surface area contributed by atoms with E-state index >= 15 is 0 Å². The number of anilines is 1. The van der Waals surface area contributed by atoms with E-state index in [2.05, 4.69) is 10.3 Å². The number of carbonyl (C=O) groups is 1. The van der Waals surface area contributed by atoms with Crippen LogP contribution in [0.3, 0.4) is 0 Å². The minimum absolute atomic E-state index is 0.221. The summed E-state index contributed by atoms with van der Waals surface area (Å²) in [6, 6.07) is 7.23. The molecule has 0 radical (unpaired) electrons. The zero-order valence-electron chi connectivity index (χ0n) is 11.3. The molecule has 1 amide bonds. The number of rotatable bonds is 4. The number of aromatic nitrogens is 1. The molecule has 0 atom stereocenters. The van der Waals surface area contributed by atoms with Gasteiger partial charge in [-0.2, -0.15) is 0 Å². The second kappa shape index (κ2) is 5.56. The monoisotopic (exact) mass is 259 g/mol. The highest BCUT2D eigenvalue weighted by Crippen LogP contribution is 2.14. The van der Waals surface area contributed by atoms with Gasteiger partial charge in [-0.05, 0) is 25.1 Å². The molecule has 0 spiro atoms. The maximum atomic E-state index is 11.9. The molecule has 0 saturated heterocycles. The molecule has 2 aromatic rings. The molecular formula is C14H17N3O2. The molecule has 0 aliphatic rings.